The molecule has 19 heavy (non-hydrogen) atoms. The van der Waals surface area contributed by atoms with Gasteiger partial charge < -0.3 is 5.11 Å². The van der Waals surface area contributed by atoms with Crippen LogP contribution in [-0.4, -0.2) is 35.7 Å². The second-order valence-corrected chi connectivity index (χ2v) is 5.67. The summed E-state index contributed by atoms with van der Waals surface area (Å²) in [5.74, 6) is 0. The van der Waals surface area contributed by atoms with E-state index in [9.17, 15) is 5.11 Å². The van der Waals surface area contributed by atoms with Gasteiger partial charge in [0, 0.05) is 6.04 Å². The molecular weight excluding hydrogens is 234 g/mol. The van der Waals surface area contributed by atoms with E-state index in [4.69, 9.17) is 0 Å². The number of rotatable bonds is 14. The van der Waals surface area contributed by atoms with Crippen molar-refractivity contribution in [2.45, 2.75) is 91.0 Å². The van der Waals surface area contributed by atoms with Crippen molar-refractivity contribution in [2.75, 3.05) is 19.7 Å². The summed E-state index contributed by atoms with van der Waals surface area (Å²) in [7, 11) is 0. The van der Waals surface area contributed by atoms with E-state index in [2.05, 4.69) is 25.7 Å². The van der Waals surface area contributed by atoms with Crippen molar-refractivity contribution in [1.29, 1.82) is 0 Å². The van der Waals surface area contributed by atoms with Crippen LogP contribution in [0.25, 0.3) is 0 Å². The molecule has 0 fully saturated rings. The SMILES string of the molecule is CCCCCCCCCCCC(CO)N(CC)CC. The first-order valence-electron chi connectivity index (χ1n) is 8.64. The molecule has 0 spiro atoms. The van der Waals surface area contributed by atoms with Crippen molar-refractivity contribution in [1.82, 2.24) is 4.90 Å². The molecule has 0 bridgehead atoms. The molecule has 0 aromatic heterocycles. The van der Waals surface area contributed by atoms with Gasteiger partial charge in [-0.3, -0.25) is 4.90 Å². The summed E-state index contributed by atoms with van der Waals surface area (Å²) < 4.78 is 0. The smallest absolute Gasteiger partial charge is 0.0586 e. The summed E-state index contributed by atoms with van der Waals surface area (Å²) >= 11 is 0. The highest BCUT2D eigenvalue weighted by atomic mass is 16.3. The Kier molecular flexibility index (Phi) is 14.3. The molecule has 116 valence electrons. The van der Waals surface area contributed by atoms with Gasteiger partial charge in [-0.2, -0.15) is 0 Å². The highest BCUT2D eigenvalue weighted by Crippen LogP contribution is 2.13. The molecule has 2 heteroatoms. The predicted octanol–water partition coefficient (Wildman–Crippen LogP) is 4.61. The van der Waals surface area contributed by atoms with Crippen LogP contribution in [0.15, 0.2) is 0 Å². The van der Waals surface area contributed by atoms with Gasteiger partial charge in [0.15, 0.2) is 0 Å². The zero-order chi connectivity index (χ0) is 14.3. The zero-order valence-corrected chi connectivity index (χ0v) is 13.7. The summed E-state index contributed by atoms with van der Waals surface area (Å²) in [6, 6.07) is 0.388. The van der Waals surface area contributed by atoms with Crippen molar-refractivity contribution < 1.29 is 5.11 Å². The monoisotopic (exact) mass is 271 g/mol. The Morgan fingerprint density at radius 2 is 1.21 bits per heavy atom. The minimum Gasteiger partial charge on any atom is -0.395 e. The fourth-order valence-electron chi connectivity index (χ4n) is 2.82. The first kappa shape index (κ1) is 18.9. The minimum absolute atomic E-state index is 0.318. The maximum atomic E-state index is 9.44. The van der Waals surface area contributed by atoms with E-state index in [1.165, 1.54) is 57.8 Å². The average molecular weight is 271 g/mol. The lowest BCUT2D eigenvalue weighted by Crippen LogP contribution is -2.37. The van der Waals surface area contributed by atoms with Crippen LogP contribution in [0, 0.1) is 0 Å². The highest BCUT2D eigenvalue weighted by Gasteiger charge is 2.13. The number of hydrogen-bond acceptors (Lipinski definition) is 2. The van der Waals surface area contributed by atoms with Crippen LogP contribution >= 0.6 is 0 Å². The van der Waals surface area contributed by atoms with Gasteiger partial charge in [0.25, 0.3) is 0 Å². The molecule has 2 nitrogen and oxygen atoms in total. The Morgan fingerprint density at radius 3 is 1.63 bits per heavy atom. The van der Waals surface area contributed by atoms with E-state index in [0.29, 0.717) is 12.6 Å². The molecule has 0 amide bonds. The van der Waals surface area contributed by atoms with Gasteiger partial charge in [-0.15, -0.1) is 0 Å². The Balaban J connectivity index is 3.41. The molecule has 0 heterocycles. The third-order valence-corrected chi connectivity index (χ3v) is 4.18. The van der Waals surface area contributed by atoms with Crippen LogP contribution in [0.1, 0.15) is 85.0 Å². The highest BCUT2D eigenvalue weighted by molar-refractivity contribution is 4.68. The molecule has 1 unspecified atom stereocenters. The van der Waals surface area contributed by atoms with E-state index < -0.39 is 0 Å². The van der Waals surface area contributed by atoms with E-state index >= 15 is 0 Å². The molecule has 0 aromatic rings. The maximum Gasteiger partial charge on any atom is 0.0586 e. The van der Waals surface area contributed by atoms with E-state index in [-0.39, 0.29) is 0 Å². The first-order chi connectivity index (χ1) is 9.29. The summed E-state index contributed by atoms with van der Waals surface area (Å²) in [5.41, 5.74) is 0. The third-order valence-electron chi connectivity index (χ3n) is 4.18. The van der Waals surface area contributed by atoms with Gasteiger partial charge in [-0.25, -0.2) is 0 Å². The summed E-state index contributed by atoms with van der Waals surface area (Å²) in [6.45, 7) is 9.06. The first-order valence-corrected chi connectivity index (χ1v) is 8.64. The topological polar surface area (TPSA) is 23.5 Å². The number of aliphatic hydroxyl groups is 1. The van der Waals surface area contributed by atoms with Gasteiger partial charge in [0.1, 0.15) is 0 Å². The predicted molar refractivity (Wildman–Crippen MR) is 85.6 cm³/mol. The molecule has 1 N–H and O–H groups in total. The molecule has 0 saturated carbocycles. The van der Waals surface area contributed by atoms with Crippen LogP contribution in [-0.2, 0) is 0 Å². The number of hydrogen-bond donors (Lipinski definition) is 1. The van der Waals surface area contributed by atoms with Crippen molar-refractivity contribution in [3.8, 4) is 0 Å². The lowest BCUT2D eigenvalue weighted by Gasteiger charge is -2.28. The molecule has 0 aliphatic rings. The molecule has 0 saturated heterocycles. The summed E-state index contributed by atoms with van der Waals surface area (Å²) in [5, 5.41) is 9.44. The Hall–Kier alpha value is -0.0800. The largest absolute Gasteiger partial charge is 0.395 e. The Labute approximate surface area is 121 Å². The van der Waals surface area contributed by atoms with Gasteiger partial charge >= 0.3 is 0 Å². The van der Waals surface area contributed by atoms with E-state index in [0.717, 1.165) is 19.5 Å². The number of likely N-dealkylation sites (N-methyl/N-ethyl adjacent to an activating group) is 1. The average Bonchev–Trinajstić information content (AvgIpc) is 2.44. The van der Waals surface area contributed by atoms with Crippen molar-refractivity contribution in [3.05, 3.63) is 0 Å². The summed E-state index contributed by atoms with van der Waals surface area (Å²) in [4.78, 5) is 2.38. The van der Waals surface area contributed by atoms with Crippen LogP contribution < -0.4 is 0 Å². The van der Waals surface area contributed by atoms with Gasteiger partial charge in [-0.05, 0) is 19.5 Å². The fourth-order valence-corrected chi connectivity index (χ4v) is 2.82. The molecule has 1 atom stereocenters. The lowest BCUT2D eigenvalue weighted by atomic mass is 10.0. The van der Waals surface area contributed by atoms with Crippen molar-refractivity contribution in [3.63, 3.8) is 0 Å². The van der Waals surface area contributed by atoms with Crippen LogP contribution in [0.3, 0.4) is 0 Å². The van der Waals surface area contributed by atoms with Gasteiger partial charge in [0.05, 0.1) is 6.61 Å². The number of nitrogens with zero attached hydrogens (tertiary/aromatic N) is 1. The normalized spacial score (nSPS) is 13.1. The van der Waals surface area contributed by atoms with Crippen molar-refractivity contribution >= 4 is 0 Å². The van der Waals surface area contributed by atoms with E-state index in [1.807, 2.05) is 0 Å². The maximum absolute atomic E-state index is 9.44. The molecule has 0 rings (SSSR count). The molecule has 0 aromatic carbocycles. The number of aliphatic hydroxyl groups excluding tert-OH is 1. The molecular formula is C17H37NO. The molecule has 0 radical (unpaired) electrons. The Bertz CT molecular complexity index is 169. The molecule has 0 aliphatic heterocycles. The van der Waals surface area contributed by atoms with E-state index in [1.54, 1.807) is 0 Å². The minimum atomic E-state index is 0.318. The van der Waals surface area contributed by atoms with Gasteiger partial charge in [-0.1, -0.05) is 78.6 Å². The quantitative estimate of drug-likeness (QED) is 0.466. The standard InChI is InChI=1S/C17H37NO/c1-4-7-8-9-10-11-12-13-14-15-17(16-19)18(5-2)6-3/h17,19H,4-16H2,1-3H3. The second-order valence-electron chi connectivity index (χ2n) is 5.67. The second kappa shape index (κ2) is 14.3. The van der Waals surface area contributed by atoms with Crippen molar-refractivity contribution in [2.24, 2.45) is 0 Å². The van der Waals surface area contributed by atoms with Crippen LogP contribution in [0.2, 0.25) is 0 Å². The lowest BCUT2D eigenvalue weighted by molar-refractivity contribution is 0.124. The Morgan fingerprint density at radius 1 is 0.737 bits per heavy atom. The van der Waals surface area contributed by atoms with Gasteiger partial charge in [0.2, 0.25) is 0 Å². The third kappa shape index (κ3) is 10.4. The fraction of sp³-hybridized carbons (Fsp3) is 1.00. The summed E-state index contributed by atoms with van der Waals surface area (Å²) in [6.07, 6.45) is 13.6. The zero-order valence-electron chi connectivity index (χ0n) is 13.7. The number of unbranched alkanes of at least 4 members (excludes halogenated alkanes) is 8. The van der Waals surface area contributed by atoms with Crippen LogP contribution in [0.4, 0.5) is 0 Å². The van der Waals surface area contributed by atoms with Crippen LogP contribution in [0.5, 0.6) is 0 Å². The molecule has 0 aliphatic carbocycles.